The minimum Gasteiger partial charge on any atom is -0.310 e. The van der Waals surface area contributed by atoms with Crippen molar-refractivity contribution in [2.75, 3.05) is 4.90 Å². The lowest BCUT2D eigenvalue weighted by molar-refractivity contribution is 0.768. The second kappa shape index (κ2) is 12.6. The lowest BCUT2D eigenvalue weighted by Crippen LogP contribution is -2.29. The Labute approximate surface area is 346 Å². The Hall–Kier alpha value is -7.22. The second-order valence-electron chi connectivity index (χ2n) is 16.5. The van der Waals surface area contributed by atoms with Crippen LogP contribution in [-0.2, 0) is 10.8 Å². The van der Waals surface area contributed by atoms with Gasteiger partial charge in [0.15, 0.2) is 0 Å². The fourth-order valence-electron chi connectivity index (χ4n) is 11.2. The van der Waals surface area contributed by atoms with E-state index in [0.29, 0.717) is 0 Å². The first-order valence-electron chi connectivity index (χ1n) is 20.8. The summed E-state index contributed by atoms with van der Waals surface area (Å²) >= 11 is 0. The normalized spacial score (nSPS) is 14.2. The zero-order chi connectivity index (χ0) is 39.3. The van der Waals surface area contributed by atoms with E-state index >= 15 is 0 Å². The van der Waals surface area contributed by atoms with Crippen molar-refractivity contribution in [3.8, 4) is 33.4 Å². The summed E-state index contributed by atoms with van der Waals surface area (Å²) < 4.78 is 0. The van der Waals surface area contributed by atoms with Crippen LogP contribution in [0, 0.1) is 13.8 Å². The maximum atomic E-state index is 2.54. The highest BCUT2D eigenvalue weighted by Crippen LogP contribution is 2.66. The minimum absolute atomic E-state index is 0.511. The highest BCUT2D eigenvalue weighted by molar-refractivity contribution is 6.00. The summed E-state index contributed by atoms with van der Waals surface area (Å²) in [5, 5.41) is 0. The Kier molecular flexibility index (Phi) is 7.26. The summed E-state index contributed by atoms with van der Waals surface area (Å²) in [6.45, 7) is 4.47. The van der Waals surface area contributed by atoms with E-state index in [9.17, 15) is 0 Å². The third-order valence-corrected chi connectivity index (χ3v) is 13.4. The van der Waals surface area contributed by atoms with E-state index in [2.05, 4.69) is 231 Å². The molecule has 0 heterocycles. The predicted molar refractivity (Wildman–Crippen MR) is 244 cm³/mol. The third kappa shape index (κ3) is 4.50. The maximum absolute atomic E-state index is 2.54. The van der Waals surface area contributed by atoms with Crippen LogP contribution in [0.15, 0.2) is 212 Å². The molecule has 0 atom stereocenters. The monoisotopic (exact) mass is 751 g/mol. The number of hydrogen-bond acceptors (Lipinski definition) is 1. The summed E-state index contributed by atoms with van der Waals surface area (Å²) in [6, 6.07) is 79.9. The SMILES string of the molecule is Cc1ccc2c(c1)C1(c3cc(C)ccc3-2)c2ccccc2-c2cccc(N(c3ccccc3)c3ccc4c(c3)C(c3ccccc3)(c3ccccc3)c3ccccc3-4)c21. The van der Waals surface area contributed by atoms with Crippen LogP contribution in [0.4, 0.5) is 17.1 Å². The molecule has 1 heteroatoms. The van der Waals surface area contributed by atoms with E-state index in [1.807, 2.05) is 0 Å². The number of aryl methyl sites for hydroxylation is 2. The molecule has 0 aliphatic heterocycles. The highest BCUT2D eigenvalue weighted by atomic mass is 15.1. The van der Waals surface area contributed by atoms with Crippen LogP contribution >= 0.6 is 0 Å². The number of para-hydroxylation sites is 1. The molecule has 9 aromatic carbocycles. The molecule has 0 fully saturated rings. The van der Waals surface area contributed by atoms with Crippen LogP contribution in [0.2, 0.25) is 0 Å². The highest BCUT2D eigenvalue weighted by Gasteiger charge is 2.54. The van der Waals surface area contributed by atoms with Gasteiger partial charge in [-0.2, -0.15) is 0 Å². The van der Waals surface area contributed by atoms with Gasteiger partial charge in [0.25, 0.3) is 0 Å². The first-order valence-corrected chi connectivity index (χ1v) is 20.8. The average Bonchev–Trinajstić information content (AvgIpc) is 3.87. The van der Waals surface area contributed by atoms with Crippen molar-refractivity contribution in [3.05, 3.63) is 268 Å². The lowest BCUT2D eigenvalue weighted by Gasteiger charge is -2.37. The Morgan fingerprint density at radius 2 is 0.746 bits per heavy atom. The smallest absolute Gasteiger partial charge is 0.0746 e. The fraction of sp³-hybridized carbons (Fsp3) is 0.0690. The van der Waals surface area contributed by atoms with Crippen molar-refractivity contribution >= 4 is 17.1 Å². The Balaban J connectivity index is 1.19. The van der Waals surface area contributed by atoms with Crippen molar-refractivity contribution in [3.63, 3.8) is 0 Å². The van der Waals surface area contributed by atoms with Gasteiger partial charge in [-0.05, 0) is 117 Å². The number of anilines is 3. The molecular weight excluding hydrogens is 711 g/mol. The molecule has 0 saturated heterocycles. The zero-order valence-corrected chi connectivity index (χ0v) is 33.2. The van der Waals surface area contributed by atoms with E-state index in [0.717, 1.165) is 11.4 Å². The van der Waals surface area contributed by atoms with Gasteiger partial charge in [-0.25, -0.2) is 0 Å². The third-order valence-electron chi connectivity index (χ3n) is 13.4. The maximum Gasteiger partial charge on any atom is 0.0746 e. The number of nitrogens with zero attached hydrogens (tertiary/aromatic N) is 1. The van der Waals surface area contributed by atoms with Crippen molar-refractivity contribution in [2.45, 2.75) is 24.7 Å². The van der Waals surface area contributed by atoms with E-state index in [4.69, 9.17) is 0 Å². The van der Waals surface area contributed by atoms with Crippen LogP contribution < -0.4 is 4.90 Å². The Morgan fingerprint density at radius 3 is 1.34 bits per heavy atom. The molecule has 278 valence electrons. The number of benzene rings is 9. The Bertz CT molecular complexity index is 3030. The molecule has 0 N–H and O–H groups in total. The molecule has 1 spiro atoms. The molecule has 0 saturated carbocycles. The number of fused-ring (bicyclic) bond motifs is 13. The van der Waals surface area contributed by atoms with Crippen molar-refractivity contribution < 1.29 is 0 Å². The summed E-state index contributed by atoms with van der Waals surface area (Å²) in [4.78, 5) is 2.54. The van der Waals surface area contributed by atoms with Crippen LogP contribution in [0.1, 0.15) is 55.6 Å². The van der Waals surface area contributed by atoms with Crippen molar-refractivity contribution in [2.24, 2.45) is 0 Å². The van der Waals surface area contributed by atoms with Gasteiger partial charge in [0.1, 0.15) is 0 Å². The molecule has 59 heavy (non-hydrogen) atoms. The summed E-state index contributed by atoms with van der Waals surface area (Å²) in [6.07, 6.45) is 0. The largest absolute Gasteiger partial charge is 0.310 e. The first-order chi connectivity index (χ1) is 29.1. The number of rotatable bonds is 5. The molecule has 3 aliphatic rings. The first kappa shape index (κ1) is 33.9. The van der Waals surface area contributed by atoms with Crippen molar-refractivity contribution in [1.29, 1.82) is 0 Å². The van der Waals surface area contributed by atoms with Crippen LogP contribution in [0.3, 0.4) is 0 Å². The molecule has 0 unspecified atom stereocenters. The predicted octanol–water partition coefficient (Wildman–Crippen LogP) is 14.5. The lowest BCUT2D eigenvalue weighted by atomic mass is 9.67. The van der Waals surface area contributed by atoms with E-state index in [1.165, 1.54) is 94.7 Å². The standard InChI is InChI=1S/C58H41N/c1-38-29-32-46-47-33-30-39(2)36-53(47)58(52(46)35-38)51-27-15-13-24-45(51)49-25-16-28-55(56(49)58)59(42-21-10-5-11-22-42)43-31-34-48-44-23-12-14-26-50(44)57(54(48)37-43,40-17-6-3-7-18-40)41-19-8-4-9-20-41/h3-37H,1-2H3. The van der Waals surface area contributed by atoms with Gasteiger partial charge in [-0.15, -0.1) is 0 Å². The molecule has 0 aromatic heterocycles. The molecular formula is C58H41N. The quantitative estimate of drug-likeness (QED) is 0.169. The average molecular weight is 752 g/mol. The van der Waals surface area contributed by atoms with Gasteiger partial charge in [0.2, 0.25) is 0 Å². The Morgan fingerprint density at radius 1 is 0.305 bits per heavy atom. The molecule has 0 amide bonds. The molecule has 0 radical (unpaired) electrons. The molecule has 12 rings (SSSR count). The minimum atomic E-state index is -0.513. The second-order valence-corrected chi connectivity index (χ2v) is 16.5. The van der Waals surface area contributed by atoms with Crippen LogP contribution in [0.25, 0.3) is 33.4 Å². The van der Waals surface area contributed by atoms with E-state index in [-0.39, 0.29) is 0 Å². The summed E-state index contributed by atoms with van der Waals surface area (Å²) in [7, 11) is 0. The van der Waals surface area contributed by atoms with Gasteiger partial charge in [-0.1, -0.05) is 193 Å². The fourth-order valence-corrected chi connectivity index (χ4v) is 11.2. The molecule has 0 bridgehead atoms. The van der Waals surface area contributed by atoms with E-state index < -0.39 is 10.8 Å². The topological polar surface area (TPSA) is 3.24 Å². The van der Waals surface area contributed by atoms with Crippen molar-refractivity contribution in [1.82, 2.24) is 0 Å². The van der Waals surface area contributed by atoms with Gasteiger partial charge in [-0.3, -0.25) is 0 Å². The molecule has 3 aliphatic carbocycles. The summed E-state index contributed by atoms with van der Waals surface area (Å²) in [5.74, 6) is 0. The zero-order valence-electron chi connectivity index (χ0n) is 33.2. The summed E-state index contributed by atoms with van der Waals surface area (Å²) in [5.41, 5.74) is 23.3. The van der Waals surface area contributed by atoms with Gasteiger partial charge < -0.3 is 4.90 Å². The molecule has 1 nitrogen and oxygen atoms in total. The molecule has 9 aromatic rings. The van der Waals surface area contributed by atoms with Gasteiger partial charge in [0.05, 0.1) is 16.5 Å². The van der Waals surface area contributed by atoms with Gasteiger partial charge >= 0.3 is 0 Å². The van der Waals surface area contributed by atoms with Gasteiger partial charge in [0, 0.05) is 16.9 Å². The van der Waals surface area contributed by atoms with Crippen LogP contribution in [0.5, 0.6) is 0 Å². The van der Waals surface area contributed by atoms with E-state index in [1.54, 1.807) is 0 Å². The number of hydrogen-bond donors (Lipinski definition) is 0. The van der Waals surface area contributed by atoms with Crippen LogP contribution in [-0.4, -0.2) is 0 Å².